The molecule has 1 aromatic carbocycles. The second kappa shape index (κ2) is 5.75. The van der Waals surface area contributed by atoms with Crippen LogP contribution < -0.4 is 45.7 Å². The van der Waals surface area contributed by atoms with Gasteiger partial charge in [-0.25, -0.2) is 0 Å². The van der Waals surface area contributed by atoms with E-state index in [2.05, 4.69) is 5.32 Å². The van der Waals surface area contributed by atoms with Crippen LogP contribution in [0.25, 0.3) is 0 Å². The molecule has 0 radical (unpaired) electrons. The second-order valence-corrected chi connectivity index (χ2v) is 2.77. The largest absolute Gasteiger partial charge is 1.00 e. The van der Waals surface area contributed by atoms with Crippen LogP contribution in [0, 0.1) is 0 Å². The minimum atomic E-state index is -1.37. The Morgan fingerprint density at radius 1 is 1.40 bits per heavy atom. The average Bonchev–Trinajstić information content (AvgIpc) is 2.07. The Hall–Kier alpha value is -1.04. The molecular formula is C9H9N2NaO3. The third-order valence-corrected chi connectivity index (χ3v) is 1.57. The monoisotopic (exact) mass is 216 g/mol. The van der Waals surface area contributed by atoms with E-state index in [-0.39, 0.29) is 46.7 Å². The van der Waals surface area contributed by atoms with Gasteiger partial charge in [0.1, 0.15) is 0 Å². The van der Waals surface area contributed by atoms with Crippen molar-refractivity contribution in [1.29, 1.82) is 0 Å². The van der Waals surface area contributed by atoms with Gasteiger partial charge in [0, 0.05) is 23.9 Å². The number of anilines is 2. The van der Waals surface area contributed by atoms with Gasteiger partial charge in [-0.3, -0.25) is 4.79 Å². The molecule has 1 rings (SSSR count). The number of carboxylic acids is 1. The molecule has 0 aliphatic carbocycles. The number of nitrogen functional groups attached to an aromatic ring is 1. The molecule has 0 atom stereocenters. The fraction of sp³-hybridized carbons (Fsp3) is 0.111. The van der Waals surface area contributed by atoms with Crippen molar-refractivity contribution in [3.8, 4) is 0 Å². The molecular weight excluding hydrogens is 207 g/mol. The Morgan fingerprint density at radius 2 is 2.00 bits per heavy atom. The van der Waals surface area contributed by atoms with Crippen molar-refractivity contribution >= 4 is 23.3 Å². The van der Waals surface area contributed by atoms with Crippen molar-refractivity contribution in [2.75, 3.05) is 11.1 Å². The number of carbonyl (C=O) groups excluding carboxylic acids is 2. The van der Waals surface area contributed by atoms with Crippen LogP contribution in [-0.2, 0) is 4.79 Å². The van der Waals surface area contributed by atoms with Crippen LogP contribution in [0.4, 0.5) is 11.4 Å². The van der Waals surface area contributed by atoms with E-state index in [1.54, 1.807) is 0 Å². The minimum absolute atomic E-state index is 0. The second-order valence-electron chi connectivity index (χ2n) is 2.77. The third-order valence-electron chi connectivity index (χ3n) is 1.57. The number of carbonyl (C=O) groups is 2. The Morgan fingerprint density at radius 3 is 2.47 bits per heavy atom. The number of hydrogen-bond acceptors (Lipinski definition) is 4. The molecule has 0 saturated carbocycles. The summed E-state index contributed by atoms with van der Waals surface area (Å²) in [6, 6.07) is 4.15. The van der Waals surface area contributed by atoms with Crippen LogP contribution in [0.1, 0.15) is 17.3 Å². The van der Waals surface area contributed by atoms with Crippen molar-refractivity contribution in [3.63, 3.8) is 0 Å². The van der Waals surface area contributed by atoms with Crippen molar-refractivity contribution in [1.82, 2.24) is 0 Å². The zero-order valence-electron chi connectivity index (χ0n) is 8.53. The average molecular weight is 216 g/mol. The molecule has 0 spiro atoms. The van der Waals surface area contributed by atoms with Gasteiger partial charge in [-0.2, -0.15) is 0 Å². The zero-order chi connectivity index (χ0) is 10.7. The van der Waals surface area contributed by atoms with Gasteiger partial charge < -0.3 is 21.0 Å². The van der Waals surface area contributed by atoms with Crippen molar-refractivity contribution in [3.05, 3.63) is 23.8 Å². The standard InChI is InChI=1S/C9H10N2O3.Na/c1-5(12)11-8-3-2-6(10)4-7(8)9(13)14;/h2-4H,10H2,1H3,(H,11,12)(H,13,14);/q;+1/p-1. The number of carboxylic acid groups (broad SMARTS) is 1. The van der Waals surface area contributed by atoms with Gasteiger partial charge in [-0.1, -0.05) is 0 Å². The zero-order valence-corrected chi connectivity index (χ0v) is 10.5. The van der Waals surface area contributed by atoms with E-state index in [4.69, 9.17) is 5.73 Å². The Kier molecular flexibility index (Phi) is 5.35. The first-order valence-corrected chi connectivity index (χ1v) is 3.89. The number of aromatic carboxylic acids is 1. The quantitative estimate of drug-likeness (QED) is 0.398. The predicted molar refractivity (Wildman–Crippen MR) is 49.5 cm³/mol. The molecule has 6 heteroatoms. The SMILES string of the molecule is CC(=O)Nc1ccc(N)cc1C(=O)[O-].[Na+]. The molecule has 5 nitrogen and oxygen atoms in total. The summed E-state index contributed by atoms with van der Waals surface area (Å²) in [6.45, 7) is 1.29. The van der Waals surface area contributed by atoms with Gasteiger partial charge >= 0.3 is 29.6 Å². The predicted octanol–water partition coefficient (Wildman–Crippen LogP) is -3.41. The molecule has 1 amide bonds. The van der Waals surface area contributed by atoms with Gasteiger partial charge in [0.2, 0.25) is 5.91 Å². The van der Waals surface area contributed by atoms with E-state index in [1.807, 2.05) is 0 Å². The summed E-state index contributed by atoms with van der Waals surface area (Å²) in [6.07, 6.45) is 0. The summed E-state index contributed by atoms with van der Waals surface area (Å²) < 4.78 is 0. The van der Waals surface area contributed by atoms with Gasteiger partial charge in [-0.05, 0) is 18.2 Å². The Balaban J connectivity index is 0.00000196. The van der Waals surface area contributed by atoms with E-state index >= 15 is 0 Å². The van der Waals surface area contributed by atoms with E-state index in [1.165, 1.54) is 25.1 Å². The Bertz CT molecular complexity index is 393. The van der Waals surface area contributed by atoms with Gasteiger partial charge in [-0.15, -0.1) is 0 Å². The maximum Gasteiger partial charge on any atom is 1.00 e. The summed E-state index contributed by atoms with van der Waals surface area (Å²) in [7, 11) is 0. The molecule has 0 aliphatic heterocycles. The fourth-order valence-electron chi connectivity index (χ4n) is 1.03. The summed E-state index contributed by atoms with van der Waals surface area (Å²) in [4.78, 5) is 21.4. The number of nitrogens with one attached hydrogen (secondary N) is 1. The van der Waals surface area contributed by atoms with Crippen LogP contribution in [0.5, 0.6) is 0 Å². The van der Waals surface area contributed by atoms with Crippen molar-refractivity contribution in [2.45, 2.75) is 6.92 Å². The van der Waals surface area contributed by atoms with Crippen LogP contribution in [0.3, 0.4) is 0 Å². The molecule has 3 N–H and O–H groups in total. The molecule has 0 heterocycles. The number of amides is 1. The maximum atomic E-state index is 10.7. The smallest absolute Gasteiger partial charge is 0.545 e. The van der Waals surface area contributed by atoms with E-state index < -0.39 is 5.97 Å². The number of rotatable bonds is 2. The number of nitrogens with two attached hydrogens (primary N) is 1. The van der Waals surface area contributed by atoms with E-state index in [9.17, 15) is 14.7 Å². The molecule has 0 aliphatic rings. The minimum Gasteiger partial charge on any atom is -0.545 e. The number of hydrogen-bond donors (Lipinski definition) is 2. The fourth-order valence-corrected chi connectivity index (χ4v) is 1.03. The summed E-state index contributed by atoms with van der Waals surface area (Å²) >= 11 is 0. The molecule has 0 saturated heterocycles. The molecule has 0 fully saturated rings. The first-order chi connectivity index (χ1) is 6.50. The number of benzene rings is 1. The molecule has 74 valence electrons. The van der Waals surface area contributed by atoms with Gasteiger partial charge in [0.15, 0.2) is 0 Å². The van der Waals surface area contributed by atoms with Gasteiger partial charge in [0.05, 0.1) is 5.97 Å². The summed E-state index contributed by atoms with van der Waals surface area (Å²) in [5.74, 6) is -1.72. The van der Waals surface area contributed by atoms with Gasteiger partial charge in [0.25, 0.3) is 0 Å². The van der Waals surface area contributed by atoms with Crippen LogP contribution in [0.2, 0.25) is 0 Å². The summed E-state index contributed by atoms with van der Waals surface area (Å²) in [5.41, 5.74) is 5.76. The maximum absolute atomic E-state index is 10.7. The topological polar surface area (TPSA) is 95.2 Å². The Labute approximate surface area is 109 Å². The van der Waals surface area contributed by atoms with Crippen molar-refractivity contribution in [2.24, 2.45) is 0 Å². The van der Waals surface area contributed by atoms with Crippen LogP contribution in [-0.4, -0.2) is 11.9 Å². The normalized spacial score (nSPS) is 8.87. The summed E-state index contributed by atoms with van der Waals surface area (Å²) in [5, 5.41) is 13.0. The van der Waals surface area contributed by atoms with Crippen molar-refractivity contribution < 1.29 is 44.3 Å². The third kappa shape index (κ3) is 3.91. The molecule has 15 heavy (non-hydrogen) atoms. The first kappa shape index (κ1) is 14.0. The molecule has 0 unspecified atom stereocenters. The van der Waals surface area contributed by atoms with Crippen LogP contribution >= 0.6 is 0 Å². The van der Waals surface area contributed by atoms with Crippen LogP contribution in [0.15, 0.2) is 18.2 Å². The van der Waals surface area contributed by atoms with E-state index in [0.717, 1.165) is 0 Å². The molecule has 0 aromatic heterocycles. The molecule has 1 aromatic rings. The van der Waals surface area contributed by atoms with E-state index in [0.29, 0.717) is 5.69 Å². The molecule has 0 bridgehead atoms. The first-order valence-electron chi connectivity index (χ1n) is 3.89.